The van der Waals surface area contributed by atoms with E-state index < -0.39 is 24.0 Å². The van der Waals surface area contributed by atoms with E-state index in [-0.39, 0.29) is 12.8 Å². The average Bonchev–Trinajstić information content (AvgIpc) is 1.98. The van der Waals surface area contributed by atoms with E-state index in [4.69, 9.17) is 21.7 Å². The van der Waals surface area contributed by atoms with Crippen LogP contribution in [-0.2, 0) is 9.59 Å². The molecular weight excluding hydrogens is 164 g/mol. The first-order valence-electron chi connectivity index (χ1n) is 3.40. The summed E-state index contributed by atoms with van der Waals surface area (Å²) in [5, 5.41) is 17.3. The molecule has 0 rings (SSSR count). The highest BCUT2D eigenvalue weighted by Gasteiger charge is 2.21. The van der Waals surface area contributed by atoms with E-state index in [0.717, 1.165) is 0 Å². The fraction of sp³-hybridized carbons (Fsp3) is 0.667. The Balaban J connectivity index is 3.79. The number of primary amides is 1. The van der Waals surface area contributed by atoms with E-state index >= 15 is 0 Å². The highest BCUT2D eigenvalue weighted by molar-refractivity contribution is 5.75. The first-order valence-corrected chi connectivity index (χ1v) is 3.40. The highest BCUT2D eigenvalue weighted by atomic mass is 16.4. The summed E-state index contributed by atoms with van der Waals surface area (Å²) < 4.78 is 0. The molecule has 0 saturated heterocycles. The molecule has 0 aromatic heterocycles. The summed E-state index contributed by atoms with van der Waals surface area (Å²) in [6.45, 7) is 0. The molecule has 0 aromatic carbocycles. The van der Waals surface area contributed by atoms with Crippen LogP contribution in [-0.4, -0.2) is 34.2 Å². The van der Waals surface area contributed by atoms with Gasteiger partial charge in [0.25, 0.3) is 0 Å². The first-order chi connectivity index (χ1) is 5.45. The fourth-order valence-electron chi connectivity index (χ4n) is 0.634. The minimum absolute atomic E-state index is 0.0250. The molecule has 0 aliphatic carbocycles. The minimum atomic E-state index is -1.36. The van der Waals surface area contributed by atoms with Crippen LogP contribution in [0.15, 0.2) is 0 Å². The normalized spacial score (nSPS) is 15.2. The van der Waals surface area contributed by atoms with Crippen LogP contribution in [0, 0.1) is 0 Å². The Kier molecular flexibility index (Phi) is 4.24. The van der Waals surface area contributed by atoms with Gasteiger partial charge in [0.05, 0.1) is 6.10 Å². The van der Waals surface area contributed by atoms with Crippen molar-refractivity contribution in [2.24, 2.45) is 11.5 Å². The molecule has 0 saturated carbocycles. The molecule has 0 fully saturated rings. The lowest BCUT2D eigenvalue weighted by atomic mass is 10.1. The average molecular weight is 176 g/mol. The van der Waals surface area contributed by atoms with Crippen LogP contribution in [0.3, 0.4) is 0 Å². The van der Waals surface area contributed by atoms with E-state index in [1.807, 2.05) is 0 Å². The van der Waals surface area contributed by atoms with Gasteiger partial charge in [-0.25, -0.2) is 0 Å². The second-order valence-electron chi connectivity index (χ2n) is 2.44. The van der Waals surface area contributed by atoms with Gasteiger partial charge in [-0.05, 0) is 6.42 Å². The standard InChI is InChI=1S/C6H12N2O4/c7-4(10)2-1-3(9)5(8)6(11)12/h3,5,9H,1-2,8H2,(H2,7,10)(H,11,12). The van der Waals surface area contributed by atoms with Gasteiger partial charge in [0.1, 0.15) is 6.04 Å². The topological polar surface area (TPSA) is 127 Å². The van der Waals surface area contributed by atoms with Gasteiger partial charge < -0.3 is 21.7 Å². The highest BCUT2D eigenvalue weighted by Crippen LogP contribution is 2.00. The minimum Gasteiger partial charge on any atom is -0.480 e. The van der Waals surface area contributed by atoms with Crippen LogP contribution in [0.25, 0.3) is 0 Å². The van der Waals surface area contributed by atoms with Crippen molar-refractivity contribution in [3.05, 3.63) is 0 Å². The zero-order valence-corrected chi connectivity index (χ0v) is 6.43. The first kappa shape index (κ1) is 10.9. The van der Waals surface area contributed by atoms with Crippen LogP contribution < -0.4 is 11.5 Å². The van der Waals surface area contributed by atoms with E-state index in [1.165, 1.54) is 0 Å². The van der Waals surface area contributed by atoms with Gasteiger partial charge >= 0.3 is 5.97 Å². The fourth-order valence-corrected chi connectivity index (χ4v) is 0.634. The molecule has 12 heavy (non-hydrogen) atoms. The molecule has 6 heteroatoms. The van der Waals surface area contributed by atoms with Gasteiger partial charge in [0, 0.05) is 6.42 Å². The van der Waals surface area contributed by atoms with E-state index in [2.05, 4.69) is 0 Å². The van der Waals surface area contributed by atoms with Crippen LogP contribution in [0.4, 0.5) is 0 Å². The summed E-state index contributed by atoms with van der Waals surface area (Å²) in [4.78, 5) is 20.4. The lowest BCUT2D eigenvalue weighted by molar-refractivity contribution is -0.141. The molecule has 0 radical (unpaired) electrons. The molecule has 6 N–H and O–H groups in total. The zero-order chi connectivity index (χ0) is 9.72. The predicted octanol–water partition coefficient (Wildman–Crippen LogP) is -1.98. The number of carboxylic acid groups (broad SMARTS) is 1. The Hall–Kier alpha value is -1.14. The SMILES string of the molecule is NC(=O)CCC(O)C(N)C(=O)O. The second kappa shape index (κ2) is 4.68. The lowest BCUT2D eigenvalue weighted by Gasteiger charge is -2.13. The van der Waals surface area contributed by atoms with Crippen LogP contribution in [0.2, 0.25) is 0 Å². The Morgan fingerprint density at radius 3 is 2.25 bits per heavy atom. The number of aliphatic carboxylic acids is 1. The van der Waals surface area contributed by atoms with Crippen LogP contribution >= 0.6 is 0 Å². The van der Waals surface area contributed by atoms with Crippen LogP contribution in [0.1, 0.15) is 12.8 Å². The van der Waals surface area contributed by atoms with Crippen molar-refractivity contribution >= 4 is 11.9 Å². The Morgan fingerprint density at radius 1 is 1.42 bits per heavy atom. The second-order valence-corrected chi connectivity index (χ2v) is 2.44. The molecule has 0 aliphatic heterocycles. The number of aliphatic hydroxyl groups is 1. The summed E-state index contributed by atoms with van der Waals surface area (Å²) in [7, 11) is 0. The molecule has 0 heterocycles. The van der Waals surface area contributed by atoms with Crippen molar-refractivity contribution < 1.29 is 19.8 Å². The smallest absolute Gasteiger partial charge is 0.323 e. The third-order valence-electron chi connectivity index (χ3n) is 1.39. The zero-order valence-electron chi connectivity index (χ0n) is 6.43. The van der Waals surface area contributed by atoms with Gasteiger partial charge in [0.2, 0.25) is 5.91 Å². The van der Waals surface area contributed by atoms with E-state index in [1.54, 1.807) is 0 Å². The van der Waals surface area contributed by atoms with Crippen molar-refractivity contribution in [3.63, 3.8) is 0 Å². The summed E-state index contributed by atoms with van der Waals surface area (Å²) >= 11 is 0. The summed E-state index contributed by atoms with van der Waals surface area (Å²) in [5.41, 5.74) is 9.82. The molecule has 6 nitrogen and oxygen atoms in total. The lowest BCUT2D eigenvalue weighted by Crippen LogP contribution is -2.42. The van der Waals surface area contributed by atoms with Crippen molar-refractivity contribution in [1.82, 2.24) is 0 Å². The number of carbonyl (C=O) groups is 2. The number of nitrogens with two attached hydrogens (primary N) is 2. The number of carboxylic acids is 1. The third kappa shape index (κ3) is 3.89. The van der Waals surface area contributed by atoms with Crippen molar-refractivity contribution in [3.8, 4) is 0 Å². The molecule has 70 valence electrons. The van der Waals surface area contributed by atoms with Gasteiger partial charge in [-0.2, -0.15) is 0 Å². The summed E-state index contributed by atoms with van der Waals surface area (Å²) in [5.74, 6) is -1.89. The molecule has 0 bridgehead atoms. The van der Waals surface area contributed by atoms with E-state index in [9.17, 15) is 9.59 Å². The Morgan fingerprint density at radius 2 is 1.92 bits per heavy atom. The summed E-state index contributed by atoms with van der Waals surface area (Å²) in [6, 6.07) is -1.36. The van der Waals surface area contributed by atoms with Crippen molar-refractivity contribution in [1.29, 1.82) is 0 Å². The number of rotatable bonds is 5. The van der Waals surface area contributed by atoms with Gasteiger partial charge in [-0.15, -0.1) is 0 Å². The van der Waals surface area contributed by atoms with Crippen molar-refractivity contribution in [2.45, 2.75) is 25.0 Å². The van der Waals surface area contributed by atoms with Crippen molar-refractivity contribution in [2.75, 3.05) is 0 Å². The van der Waals surface area contributed by atoms with Gasteiger partial charge in [-0.1, -0.05) is 0 Å². The van der Waals surface area contributed by atoms with Gasteiger partial charge in [-0.3, -0.25) is 9.59 Å². The Labute approximate surface area is 69.2 Å². The quantitative estimate of drug-likeness (QED) is 0.386. The largest absolute Gasteiger partial charge is 0.480 e. The molecule has 2 atom stereocenters. The number of hydrogen-bond donors (Lipinski definition) is 4. The molecule has 2 unspecified atom stereocenters. The number of hydrogen-bond acceptors (Lipinski definition) is 4. The van der Waals surface area contributed by atoms with E-state index in [0.29, 0.717) is 0 Å². The number of aliphatic hydroxyl groups excluding tert-OH is 1. The molecular formula is C6H12N2O4. The van der Waals surface area contributed by atoms with Crippen LogP contribution in [0.5, 0.6) is 0 Å². The maximum atomic E-state index is 10.2. The Bertz CT molecular complexity index is 182. The van der Waals surface area contributed by atoms with Gasteiger partial charge in [0.15, 0.2) is 0 Å². The maximum Gasteiger partial charge on any atom is 0.323 e. The molecule has 1 amide bonds. The number of carbonyl (C=O) groups excluding carboxylic acids is 1. The molecule has 0 spiro atoms. The monoisotopic (exact) mass is 176 g/mol. The third-order valence-corrected chi connectivity index (χ3v) is 1.39. The predicted molar refractivity (Wildman–Crippen MR) is 40.0 cm³/mol. The molecule has 0 aromatic rings. The summed E-state index contributed by atoms with van der Waals surface area (Å²) in [6.07, 6.45) is -1.32. The molecule has 0 aliphatic rings. The number of amides is 1. The maximum absolute atomic E-state index is 10.2.